The van der Waals surface area contributed by atoms with Gasteiger partial charge in [0.25, 0.3) is 0 Å². The number of nitrogens with one attached hydrogen (secondary N) is 1. The van der Waals surface area contributed by atoms with Gasteiger partial charge in [0.1, 0.15) is 11.5 Å². The van der Waals surface area contributed by atoms with Gasteiger partial charge in [0, 0.05) is 23.9 Å². The number of ether oxygens (including phenoxy) is 1. The van der Waals surface area contributed by atoms with Crippen LogP contribution < -0.4 is 10.2 Å². The highest BCUT2D eigenvalue weighted by atomic mass is 35.5. The molecule has 1 aromatic rings. The number of hydrogen-bond acceptors (Lipinski definition) is 4. The fraction of sp³-hybridized carbons (Fsp3) is 0.529. The molecule has 0 aliphatic carbocycles. The van der Waals surface area contributed by atoms with Crippen molar-refractivity contribution in [2.45, 2.75) is 38.8 Å². The maximum atomic E-state index is 12.2. The lowest BCUT2D eigenvalue weighted by atomic mass is 10.1. The molecule has 0 fully saturated rings. The highest BCUT2D eigenvalue weighted by Crippen LogP contribution is 2.21. The van der Waals surface area contributed by atoms with Gasteiger partial charge >= 0.3 is 6.09 Å². The van der Waals surface area contributed by atoms with Crippen molar-refractivity contribution in [3.05, 3.63) is 29.3 Å². The first-order valence-corrected chi connectivity index (χ1v) is 8.79. The molecule has 2 N–H and O–H groups in total. The molecule has 2 amide bonds. The number of carbonyl (C=O) groups excluding carboxylic acids is 2. The Labute approximate surface area is 158 Å². The fourth-order valence-electron chi connectivity index (χ4n) is 2.13. The zero-order valence-corrected chi connectivity index (χ0v) is 16.1. The van der Waals surface area contributed by atoms with Crippen molar-refractivity contribution in [1.82, 2.24) is 5.32 Å². The number of nitrogens with zero attached hydrogens (tertiary/aromatic N) is 1. The first-order chi connectivity index (χ1) is 11.7. The molecule has 0 aromatic heterocycles. The number of benzene rings is 1. The third kappa shape index (κ3) is 7.94. The van der Waals surface area contributed by atoms with Crippen LogP contribution in [0.4, 0.5) is 10.5 Å². The number of aliphatic hydroxyl groups excluding tert-OH is 1. The van der Waals surface area contributed by atoms with Crippen LogP contribution in [0.15, 0.2) is 24.3 Å². The van der Waals surface area contributed by atoms with Crippen LogP contribution in [0.3, 0.4) is 0 Å². The predicted octanol–water partition coefficient (Wildman–Crippen LogP) is 3.19. The van der Waals surface area contributed by atoms with Crippen molar-refractivity contribution >= 4 is 40.9 Å². The van der Waals surface area contributed by atoms with Crippen molar-refractivity contribution in [3.8, 4) is 0 Å². The molecule has 1 aromatic carbocycles. The number of alkyl halides is 1. The minimum Gasteiger partial charge on any atom is -0.444 e. The Morgan fingerprint density at radius 1 is 1.36 bits per heavy atom. The summed E-state index contributed by atoms with van der Waals surface area (Å²) in [5.41, 5.74) is -0.0843. The predicted molar refractivity (Wildman–Crippen MR) is 99.4 cm³/mol. The van der Waals surface area contributed by atoms with Crippen LogP contribution in [-0.4, -0.2) is 47.8 Å². The Kier molecular flexibility index (Phi) is 8.48. The van der Waals surface area contributed by atoms with Gasteiger partial charge in [0.2, 0.25) is 5.91 Å². The normalized spacial score (nSPS) is 12.4. The Morgan fingerprint density at radius 3 is 2.56 bits per heavy atom. The second-order valence-corrected chi connectivity index (χ2v) is 7.18. The molecule has 1 rings (SSSR count). The molecule has 1 atom stereocenters. The quantitative estimate of drug-likeness (QED) is 0.700. The van der Waals surface area contributed by atoms with Gasteiger partial charge in [0.15, 0.2) is 0 Å². The molecule has 0 radical (unpaired) electrons. The number of amides is 2. The average molecular weight is 391 g/mol. The second-order valence-electron chi connectivity index (χ2n) is 6.47. The molecule has 0 bridgehead atoms. The summed E-state index contributed by atoms with van der Waals surface area (Å²) in [4.78, 5) is 25.6. The number of alkyl carbamates (subject to hydrolysis) is 1. The summed E-state index contributed by atoms with van der Waals surface area (Å²) >= 11 is 11.7. The van der Waals surface area contributed by atoms with Crippen molar-refractivity contribution in [2.24, 2.45) is 0 Å². The molecule has 140 valence electrons. The van der Waals surface area contributed by atoms with E-state index in [9.17, 15) is 14.7 Å². The van der Waals surface area contributed by atoms with Gasteiger partial charge in [0.05, 0.1) is 6.04 Å². The van der Waals surface area contributed by atoms with E-state index in [1.807, 2.05) is 0 Å². The molecule has 0 heterocycles. The van der Waals surface area contributed by atoms with E-state index in [0.29, 0.717) is 10.7 Å². The number of anilines is 1. The minimum atomic E-state index is -0.646. The topological polar surface area (TPSA) is 78.9 Å². The Hall–Kier alpha value is -1.50. The van der Waals surface area contributed by atoms with E-state index in [1.54, 1.807) is 45.0 Å². The molecule has 0 aliphatic heterocycles. The Bertz CT molecular complexity index is 590. The van der Waals surface area contributed by atoms with Crippen LogP contribution in [0.5, 0.6) is 0 Å². The molecule has 6 nitrogen and oxygen atoms in total. The van der Waals surface area contributed by atoms with Gasteiger partial charge in [-0.15, -0.1) is 11.6 Å². The zero-order chi connectivity index (χ0) is 19.0. The molecule has 8 heteroatoms. The van der Waals surface area contributed by atoms with Crippen LogP contribution in [-0.2, 0) is 9.53 Å². The standard InChI is InChI=1S/C17H24Cl2N2O4/c1-17(2,3)25-16(24)20-13(7-8-22)11-21(15(23)10-18)14-6-4-5-12(19)9-14/h4-6,9,13,22H,7-8,10-11H2,1-3H3,(H,20,24). The lowest BCUT2D eigenvalue weighted by Crippen LogP contribution is -2.48. The maximum Gasteiger partial charge on any atom is 0.407 e. The summed E-state index contributed by atoms with van der Waals surface area (Å²) in [5.74, 6) is -0.553. The molecule has 0 spiro atoms. The molecule has 0 aliphatic rings. The Morgan fingerprint density at radius 2 is 2.04 bits per heavy atom. The number of hydrogen-bond donors (Lipinski definition) is 2. The molecule has 0 saturated heterocycles. The number of halogens is 2. The van der Waals surface area contributed by atoms with Gasteiger partial charge in [-0.1, -0.05) is 17.7 Å². The third-order valence-corrected chi connectivity index (χ3v) is 3.60. The van der Waals surface area contributed by atoms with Gasteiger partial charge in [-0.2, -0.15) is 0 Å². The van der Waals surface area contributed by atoms with E-state index in [2.05, 4.69) is 5.32 Å². The van der Waals surface area contributed by atoms with Crippen LogP contribution in [0.1, 0.15) is 27.2 Å². The van der Waals surface area contributed by atoms with Gasteiger partial charge < -0.3 is 20.1 Å². The first-order valence-electron chi connectivity index (χ1n) is 7.88. The summed E-state index contributed by atoms with van der Waals surface area (Å²) < 4.78 is 5.23. The number of rotatable bonds is 7. The highest BCUT2D eigenvalue weighted by Gasteiger charge is 2.24. The van der Waals surface area contributed by atoms with Crippen molar-refractivity contribution < 1.29 is 19.4 Å². The molecule has 1 unspecified atom stereocenters. The van der Waals surface area contributed by atoms with E-state index < -0.39 is 17.7 Å². The third-order valence-electron chi connectivity index (χ3n) is 3.14. The SMILES string of the molecule is CC(C)(C)OC(=O)NC(CCO)CN(C(=O)CCl)c1cccc(Cl)c1. The van der Waals surface area contributed by atoms with Crippen LogP contribution >= 0.6 is 23.2 Å². The second kappa shape index (κ2) is 9.85. The van der Waals surface area contributed by atoms with Crippen LogP contribution in [0.2, 0.25) is 5.02 Å². The van der Waals surface area contributed by atoms with Crippen molar-refractivity contribution in [3.63, 3.8) is 0 Å². The lowest BCUT2D eigenvalue weighted by Gasteiger charge is -2.29. The average Bonchev–Trinajstić information content (AvgIpc) is 2.50. The summed E-state index contributed by atoms with van der Waals surface area (Å²) in [6, 6.07) is 6.26. The summed E-state index contributed by atoms with van der Waals surface area (Å²) in [6.07, 6.45) is -0.360. The highest BCUT2D eigenvalue weighted by molar-refractivity contribution is 6.31. The smallest absolute Gasteiger partial charge is 0.407 e. The van der Waals surface area contributed by atoms with E-state index in [-0.39, 0.29) is 31.4 Å². The minimum absolute atomic E-state index is 0.131. The molecule has 0 saturated carbocycles. The van der Waals surface area contributed by atoms with Gasteiger partial charge in [-0.05, 0) is 45.4 Å². The first kappa shape index (κ1) is 21.5. The largest absolute Gasteiger partial charge is 0.444 e. The zero-order valence-electron chi connectivity index (χ0n) is 14.6. The van der Waals surface area contributed by atoms with E-state index >= 15 is 0 Å². The van der Waals surface area contributed by atoms with Gasteiger partial charge in [-0.3, -0.25) is 4.79 Å². The summed E-state index contributed by atoms with van der Waals surface area (Å²) in [5, 5.41) is 12.4. The van der Waals surface area contributed by atoms with Crippen molar-refractivity contribution in [2.75, 3.05) is 23.9 Å². The summed E-state index contributed by atoms with van der Waals surface area (Å²) in [6.45, 7) is 5.24. The van der Waals surface area contributed by atoms with E-state index in [4.69, 9.17) is 27.9 Å². The lowest BCUT2D eigenvalue weighted by molar-refractivity contribution is -0.116. The van der Waals surface area contributed by atoms with Crippen LogP contribution in [0.25, 0.3) is 0 Å². The monoisotopic (exact) mass is 390 g/mol. The molecular formula is C17H24Cl2N2O4. The van der Waals surface area contributed by atoms with E-state index in [1.165, 1.54) is 4.90 Å². The maximum absolute atomic E-state index is 12.2. The summed E-state index contributed by atoms with van der Waals surface area (Å²) in [7, 11) is 0. The molecular weight excluding hydrogens is 367 g/mol. The number of carbonyl (C=O) groups is 2. The van der Waals surface area contributed by atoms with Gasteiger partial charge in [-0.25, -0.2) is 4.79 Å². The van der Waals surface area contributed by atoms with Crippen molar-refractivity contribution in [1.29, 1.82) is 0 Å². The van der Waals surface area contributed by atoms with Crippen LogP contribution in [0, 0.1) is 0 Å². The molecule has 25 heavy (non-hydrogen) atoms. The fourth-order valence-corrected chi connectivity index (χ4v) is 2.46. The Balaban J connectivity index is 2.93. The number of aliphatic hydroxyl groups is 1. The van der Waals surface area contributed by atoms with E-state index in [0.717, 1.165) is 0 Å².